The van der Waals surface area contributed by atoms with E-state index >= 15 is 0 Å². The second-order valence-corrected chi connectivity index (χ2v) is 4.11. The van der Waals surface area contributed by atoms with Crippen LogP contribution >= 0.6 is 0 Å². The molecule has 0 aromatic carbocycles. The average molecular weight is 223 g/mol. The standard InChI is InChI=1S/C11H17N3O2/c1-2-16-6-5-14-11(7-9-3-4-9)10(8-15)12-13-14/h8-9H,2-7H2,1H3. The molecule has 0 bridgehead atoms. The van der Waals surface area contributed by atoms with Gasteiger partial charge in [0.2, 0.25) is 0 Å². The summed E-state index contributed by atoms with van der Waals surface area (Å²) < 4.78 is 7.08. The fourth-order valence-corrected chi connectivity index (χ4v) is 1.72. The van der Waals surface area contributed by atoms with Crippen molar-refractivity contribution in [2.45, 2.75) is 32.7 Å². The zero-order valence-corrected chi connectivity index (χ0v) is 9.56. The molecule has 0 unspecified atom stereocenters. The minimum Gasteiger partial charge on any atom is -0.380 e. The molecule has 1 aliphatic carbocycles. The van der Waals surface area contributed by atoms with E-state index in [1.165, 1.54) is 12.8 Å². The lowest BCUT2D eigenvalue weighted by Crippen LogP contribution is -2.11. The van der Waals surface area contributed by atoms with E-state index in [2.05, 4.69) is 10.3 Å². The number of nitrogens with zero attached hydrogens (tertiary/aromatic N) is 3. The summed E-state index contributed by atoms with van der Waals surface area (Å²) in [6.45, 7) is 3.96. The first-order chi connectivity index (χ1) is 7.85. The topological polar surface area (TPSA) is 57.0 Å². The van der Waals surface area contributed by atoms with Crippen LogP contribution < -0.4 is 0 Å². The third-order valence-corrected chi connectivity index (χ3v) is 2.81. The van der Waals surface area contributed by atoms with Crippen LogP contribution in [0.1, 0.15) is 35.9 Å². The van der Waals surface area contributed by atoms with Gasteiger partial charge in [-0.3, -0.25) is 4.79 Å². The minimum atomic E-state index is 0.489. The van der Waals surface area contributed by atoms with E-state index in [0.717, 1.165) is 24.3 Å². The summed E-state index contributed by atoms with van der Waals surface area (Å²) in [6, 6.07) is 0. The molecule has 5 nitrogen and oxygen atoms in total. The summed E-state index contributed by atoms with van der Waals surface area (Å²) in [6.07, 6.45) is 4.24. The van der Waals surface area contributed by atoms with Gasteiger partial charge in [0.1, 0.15) is 5.69 Å². The summed E-state index contributed by atoms with van der Waals surface area (Å²) in [5, 5.41) is 7.88. The molecule has 0 spiro atoms. The molecular formula is C11H17N3O2. The molecule has 1 aliphatic rings. The fraction of sp³-hybridized carbons (Fsp3) is 0.727. The van der Waals surface area contributed by atoms with Crippen LogP contribution in [0.2, 0.25) is 0 Å². The van der Waals surface area contributed by atoms with Gasteiger partial charge in [0.05, 0.1) is 18.8 Å². The van der Waals surface area contributed by atoms with E-state index in [1.807, 2.05) is 6.92 Å². The number of hydrogen-bond acceptors (Lipinski definition) is 4. The molecular weight excluding hydrogens is 206 g/mol. The monoisotopic (exact) mass is 223 g/mol. The Hall–Kier alpha value is -1.23. The maximum absolute atomic E-state index is 10.8. The number of aromatic nitrogens is 3. The van der Waals surface area contributed by atoms with Gasteiger partial charge < -0.3 is 4.74 Å². The van der Waals surface area contributed by atoms with Gasteiger partial charge in [0, 0.05) is 6.61 Å². The van der Waals surface area contributed by atoms with Gasteiger partial charge in [0.25, 0.3) is 0 Å². The molecule has 0 N–H and O–H groups in total. The van der Waals surface area contributed by atoms with Crippen molar-refractivity contribution in [3.05, 3.63) is 11.4 Å². The number of ether oxygens (including phenoxy) is 1. The van der Waals surface area contributed by atoms with Crippen LogP contribution in [0.25, 0.3) is 0 Å². The van der Waals surface area contributed by atoms with Crippen LogP contribution in [-0.4, -0.2) is 34.5 Å². The Balaban J connectivity index is 2.03. The second-order valence-electron chi connectivity index (χ2n) is 4.11. The molecule has 0 radical (unpaired) electrons. The third kappa shape index (κ3) is 2.66. The smallest absolute Gasteiger partial charge is 0.172 e. The molecule has 0 amide bonds. The van der Waals surface area contributed by atoms with Gasteiger partial charge in [0.15, 0.2) is 6.29 Å². The highest BCUT2D eigenvalue weighted by Crippen LogP contribution is 2.32. The quantitative estimate of drug-likeness (QED) is 0.512. The number of hydrogen-bond donors (Lipinski definition) is 0. The molecule has 0 saturated heterocycles. The number of aldehydes is 1. The van der Waals surface area contributed by atoms with E-state index in [9.17, 15) is 4.79 Å². The predicted molar refractivity (Wildman–Crippen MR) is 58.3 cm³/mol. The predicted octanol–water partition coefficient (Wildman–Crippen LogP) is 1.08. The Morgan fingerprint density at radius 1 is 1.56 bits per heavy atom. The van der Waals surface area contributed by atoms with E-state index in [4.69, 9.17) is 4.74 Å². The van der Waals surface area contributed by atoms with Gasteiger partial charge in [-0.15, -0.1) is 5.10 Å². The zero-order valence-electron chi connectivity index (χ0n) is 9.56. The molecule has 0 atom stereocenters. The van der Waals surface area contributed by atoms with E-state index in [-0.39, 0.29) is 0 Å². The lowest BCUT2D eigenvalue weighted by molar-refractivity contribution is 0.111. The van der Waals surface area contributed by atoms with E-state index in [0.29, 0.717) is 25.5 Å². The summed E-state index contributed by atoms with van der Waals surface area (Å²) in [5.74, 6) is 0.725. The van der Waals surface area contributed by atoms with Crippen LogP contribution in [0.3, 0.4) is 0 Å². The second kappa shape index (κ2) is 5.21. The van der Waals surface area contributed by atoms with Gasteiger partial charge >= 0.3 is 0 Å². The van der Waals surface area contributed by atoms with Gasteiger partial charge in [-0.25, -0.2) is 4.68 Å². The first-order valence-electron chi connectivity index (χ1n) is 5.80. The molecule has 1 fully saturated rings. The third-order valence-electron chi connectivity index (χ3n) is 2.81. The summed E-state index contributed by atoms with van der Waals surface area (Å²) in [5.41, 5.74) is 1.46. The largest absolute Gasteiger partial charge is 0.380 e. The first-order valence-corrected chi connectivity index (χ1v) is 5.80. The van der Waals surface area contributed by atoms with Crippen molar-refractivity contribution in [1.29, 1.82) is 0 Å². The summed E-state index contributed by atoms with van der Waals surface area (Å²) in [7, 11) is 0. The number of rotatable bonds is 7. The minimum absolute atomic E-state index is 0.489. The summed E-state index contributed by atoms with van der Waals surface area (Å²) >= 11 is 0. The molecule has 0 aliphatic heterocycles. The SMILES string of the molecule is CCOCCn1nnc(C=O)c1CC1CC1. The van der Waals surface area contributed by atoms with Crippen LogP contribution in [0, 0.1) is 5.92 Å². The fourth-order valence-electron chi connectivity index (χ4n) is 1.72. The molecule has 1 heterocycles. The molecule has 1 aromatic rings. The van der Waals surface area contributed by atoms with Crippen molar-refractivity contribution in [1.82, 2.24) is 15.0 Å². The van der Waals surface area contributed by atoms with E-state index in [1.54, 1.807) is 4.68 Å². The Bertz CT molecular complexity index is 358. The van der Waals surface area contributed by atoms with Crippen molar-refractivity contribution in [2.75, 3.05) is 13.2 Å². The maximum atomic E-state index is 10.8. The Labute approximate surface area is 94.8 Å². The highest BCUT2D eigenvalue weighted by molar-refractivity contribution is 5.73. The lowest BCUT2D eigenvalue weighted by atomic mass is 10.2. The molecule has 1 saturated carbocycles. The Kier molecular flexibility index (Phi) is 3.66. The molecule has 16 heavy (non-hydrogen) atoms. The van der Waals surface area contributed by atoms with Gasteiger partial charge in [-0.2, -0.15) is 0 Å². The van der Waals surface area contributed by atoms with Crippen LogP contribution in [0.4, 0.5) is 0 Å². The van der Waals surface area contributed by atoms with Crippen molar-refractivity contribution in [3.8, 4) is 0 Å². The first kappa shape index (κ1) is 11.3. The number of carbonyl (C=O) groups is 1. The highest BCUT2D eigenvalue weighted by Gasteiger charge is 2.25. The average Bonchev–Trinajstić information content (AvgIpc) is 3.02. The lowest BCUT2D eigenvalue weighted by Gasteiger charge is -2.06. The van der Waals surface area contributed by atoms with Crippen LogP contribution in [-0.2, 0) is 17.7 Å². The number of carbonyl (C=O) groups excluding carboxylic acids is 1. The maximum Gasteiger partial charge on any atom is 0.172 e. The highest BCUT2D eigenvalue weighted by atomic mass is 16.5. The molecule has 5 heteroatoms. The molecule has 88 valence electrons. The van der Waals surface area contributed by atoms with Crippen LogP contribution in [0.15, 0.2) is 0 Å². The van der Waals surface area contributed by atoms with Gasteiger partial charge in [-0.05, 0) is 32.1 Å². The Morgan fingerprint density at radius 3 is 3.00 bits per heavy atom. The molecule has 1 aromatic heterocycles. The van der Waals surface area contributed by atoms with Crippen molar-refractivity contribution < 1.29 is 9.53 Å². The molecule has 2 rings (SSSR count). The Morgan fingerprint density at radius 2 is 2.38 bits per heavy atom. The van der Waals surface area contributed by atoms with Gasteiger partial charge in [-0.1, -0.05) is 5.21 Å². The van der Waals surface area contributed by atoms with Crippen LogP contribution in [0.5, 0.6) is 0 Å². The zero-order chi connectivity index (χ0) is 11.4. The normalized spacial score (nSPS) is 15.3. The summed E-state index contributed by atoms with van der Waals surface area (Å²) in [4.78, 5) is 10.8. The van der Waals surface area contributed by atoms with E-state index < -0.39 is 0 Å². The van der Waals surface area contributed by atoms with Crippen molar-refractivity contribution >= 4 is 6.29 Å². The van der Waals surface area contributed by atoms with Crippen molar-refractivity contribution in [3.63, 3.8) is 0 Å². The van der Waals surface area contributed by atoms with Crippen molar-refractivity contribution in [2.24, 2.45) is 5.92 Å².